The lowest BCUT2D eigenvalue weighted by molar-refractivity contribution is -0.132. The molecule has 0 bridgehead atoms. The molecule has 3 amide bonds. The Morgan fingerprint density at radius 3 is 2.17 bits per heavy atom. The van der Waals surface area contributed by atoms with E-state index in [1.165, 1.54) is 25.6 Å². The summed E-state index contributed by atoms with van der Waals surface area (Å²) < 4.78 is 0. The molecule has 0 spiro atoms. The predicted molar refractivity (Wildman–Crippen MR) is 91.3 cm³/mol. The molecule has 0 saturated heterocycles. The van der Waals surface area contributed by atoms with Crippen LogP contribution in [0.4, 0.5) is 0 Å². The quantitative estimate of drug-likeness (QED) is 0.245. The number of hydrogen-bond acceptors (Lipinski definition) is 7. The molecular formula is C14H26N4O5S. The molecule has 0 fully saturated rings. The molecule has 138 valence electrons. The standard InChI is InChI=1S/C14H26N4O5S/c1-9(20)12(7-24-8-15-10(2)21)17-14(23)11(6-19)16-13(22)5-18(3)4/h11-12,19H,5-8H2,1-4H3,(H,15,21)(H,16,22)(H,17,23)/t11-,12+/m0/s1. The first-order valence-corrected chi connectivity index (χ1v) is 8.50. The van der Waals surface area contributed by atoms with Gasteiger partial charge in [0, 0.05) is 12.7 Å². The SMILES string of the molecule is CC(=O)NCSC[C@@H](NC(=O)[C@H](CO)NC(=O)CN(C)C)C(C)=O. The highest BCUT2D eigenvalue weighted by Gasteiger charge is 2.24. The van der Waals surface area contributed by atoms with Gasteiger partial charge in [-0.2, -0.15) is 0 Å². The Hall–Kier alpha value is -1.65. The molecule has 0 aromatic rings. The van der Waals surface area contributed by atoms with Gasteiger partial charge in [0.25, 0.3) is 0 Å². The van der Waals surface area contributed by atoms with Crippen molar-refractivity contribution in [2.45, 2.75) is 25.9 Å². The number of thioether (sulfide) groups is 1. The van der Waals surface area contributed by atoms with E-state index >= 15 is 0 Å². The Morgan fingerprint density at radius 1 is 1.08 bits per heavy atom. The minimum Gasteiger partial charge on any atom is -0.394 e. The van der Waals surface area contributed by atoms with Crippen LogP contribution in [0.3, 0.4) is 0 Å². The molecule has 0 aliphatic rings. The van der Waals surface area contributed by atoms with Crippen LogP contribution in [0.1, 0.15) is 13.8 Å². The van der Waals surface area contributed by atoms with Crippen molar-refractivity contribution in [3.8, 4) is 0 Å². The first kappa shape index (κ1) is 22.4. The van der Waals surface area contributed by atoms with Crippen molar-refractivity contribution in [2.24, 2.45) is 0 Å². The van der Waals surface area contributed by atoms with Gasteiger partial charge in [-0.25, -0.2) is 0 Å². The summed E-state index contributed by atoms with van der Waals surface area (Å²) in [5.74, 6) is -0.897. The molecular weight excluding hydrogens is 336 g/mol. The fourth-order valence-corrected chi connectivity index (χ4v) is 2.56. The van der Waals surface area contributed by atoms with Crippen LogP contribution in [0, 0.1) is 0 Å². The zero-order valence-electron chi connectivity index (χ0n) is 14.4. The highest BCUT2D eigenvalue weighted by Crippen LogP contribution is 2.03. The van der Waals surface area contributed by atoms with Crippen molar-refractivity contribution in [3.05, 3.63) is 0 Å². The fraction of sp³-hybridized carbons (Fsp3) is 0.714. The van der Waals surface area contributed by atoms with Gasteiger partial charge in [0.15, 0.2) is 5.78 Å². The topological polar surface area (TPSA) is 128 Å². The number of carbonyl (C=O) groups excluding carboxylic acids is 4. The van der Waals surface area contributed by atoms with Crippen molar-refractivity contribution in [2.75, 3.05) is 38.9 Å². The summed E-state index contributed by atoms with van der Waals surface area (Å²) in [5, 5.41) is 16.8. The first-order valence-electron chi connectivity index (χ1n) is 7.35. The third-order valence-corrected chi connectivity index (χ3v) is 3.73. The Balaban J connectivity index is 4.52. The molecule has 0 aromatic carbocycles. The summed E-state index contributed by atoms with van der Waals surface area (Å²) in [4.78, 5) is 47.8. The van der Waals surface area contributed by atoms with Crippen LogP contribution in [0.15, 0.2) is 0 Å². The van der Waals surface area contributed by atoms with Crippen LogP contribution in [0.25, 0.3) is 0 Å². The van der Waals surface area contributed by atoms with Gasteiger partial charge >= 0.3 is 0 Å². The second-order valence-corrected chi connectivity index (χ2v) is 6.49. The van der Waals surface area contributed by atoms with Crippen LogP contribution < -0.4 is 16.0 Å². The molecule has 0 saturated carbocycles. The average Bonchev–Trinajstić information content (AvgIpc) is 2.46. The molecule has 0 unspecified atom stereocenters. The number of Topliss-reactive ketones (excluding diaryl/α,β-unsaturated/α-hetero) is 1. The van der Waals surface area contributed by atoms with Crippen molar-refractivity contribution >= 4 is 35.3 Å². The normalized spacial score (nSPS) is 13.1. The summed E-state index contributed by atoms with van der Waals surface area (Å²) >= 11 is 1.28. The van der Waals surface area contributed by atoms with Crippen LogP contribution in [-0.2, 0) is 19.2 Å². The summed E-state index contributed by atoms with van der Waals surface area (Å²) in [6, 6.07) is -1.89. The molecule has 0 rings (SSSR count). The second-order valence-electron chi connectivity index (χ2n) is 5.46. The summed E-state index contributed by atoms with van der Waals surface area (Å²) in [6.45, 7) is 2.22. The van der Waals surface area contributed by atoms with Gasteiger partial charge in [-0.3, -0.25) is 19.2 Å². The summed E-state index contributed by atoms with van der Waals surface area (Å²) in [6.07, 6.45) is 0. The molecule has 0 aromatic heterocycles. The van der Waals surface area contributed by atoms with Crippen LogP contribution in [0.5, 0.6) is 0 Å². The average molecular weight is 362 g/mol. The highest BCUT2D eigenvalue weighted by molar-refractivity contribution is 7.99. The monoisotopic (exact) mass is 362 g/mol. The van der Waals surface area contributed by atoms with Crippen LogP contribution in [-0.4, -0.2) is 84.5 Å². The largest absolute Gasteiger partial charge is 0.394 e. The number of likely N-dealkylation sites (N-methyl/N-ethyl adjacent to an activating group) is 1. The van der Waals surface area contributed by atoms with Gasteiger partial charge in [0.05, 0.1) is 25.1 Å². The maximum Gasteiger partial charge on any atom is 0.245 e. The lowest BCUT2D eigenvalue weighted by atomic mass is 10.2. The molecule has 10 heteroatoms. The van der Waals surface area contributed by atoms with E-state index in [1.54, 1.807) is 19.0 Å². The first-order chi connectivity index (χ1) is 11.2. The predicted octanol–water partition coefficient (Wildman–Crippen LogP) is -2.07. The zero-order valence-corrected chi connectivity index (χ0v) is 15.2. The number of nitrogens with one attached hydrogen (secondary N) is 3. The van der Waals surface area contributed by atoms with E-state index in [4.69, 9.17) is 0 Å². The maximum atomic E-state index is 12.1. The van der Waals surface area contributed by atoms with Gasteiger partial charge in [0.2, 0.25) is 17.7 Å². The molecule has 0 heterocycles. The minimum absolute atomic E-state index is 0.0759. The van der Waals surface area contributed by atoms with Crippen molar-refractivity contribution in [3.63, 3.8) is 0 Å². The maximum absolute atomic E-state index is 12.1. The van der Waals surface area contributed by atoms with E-state index in [9.17, 15) is 24.3 Å². The fourth-order valence-electron chi connectivity index (χ4n) is 1.58. The number of carbonyl (C=O) groups is 4. The van der Waals surface area contributed by atoms with E-state index in [1.807, 2.05) is 0 Å². The van der Waals surface area contributed by atoms with Crippen LogP contribution >= 0.6 is 11.8 Å². The van der Waals surface area contributed by atoms with Gasteiger partial charge in [-0.15, -0.1) is 11.8 Å². The summed E-state index contributed by atoms with van der Waals surface area (Å²) in [5.41, 5.74) is 0. The van der Waals surface area contributed by atoms with Crippen LogP contribution in [0.2, 0.25) is 0 Å². The van der Waals surface area contributed by atoms with E-state index in [-0.39, 0.29) is 24.0 Å². The summed E-state index contributed by atoms with van der Waals surface area (Å²) in [7, 11) is 3.40. The van der Waals surface area contributed by atoms with Gasteiger partial charge in [0.1, 0.15) is 6.04 Å². The smallest absolute Gasteiger partial charge is 0.245 e. The highest BCUT2D eigenvalue weighted by atomic mass is 32.2. The zero-order chi connectivity index (χ0) is 18.7. The molecule has 2 atom stereocenters. The molecule has 4 N–H and O–H groups in total. The minimum atomic E-state index is -1.13. The van der Waals surface area contributed by atoms with Gasteiger partial charge in [-0.1, -0.05) is 0 Å². The molecule has 24 heavy (non-hydrogen) atoms. The lowest BCUT2D eigenvalue weighted by Gasteiger charge is -2.21. The number of hydrogen-bond donors (Lipinski definition) is 4. The number of amides is 3. The number of aliphatic hydroxyl groups is 1. The van der Waals surface area contributed by atoms with E-state index in [0.717, 1.165) is 0 Å². The number of nitrogens with zero attached hydrogens (tertiary/aromatic N) is 1. The Bertz CT molecular complexity index is 458. The van der Waals surface area contributed by atoms with E-state index < -0.39 is 30.5 Å². The number of ketones is 1. The van der Waals surface area contributed by atoms with Gasteiger partial charge in [-0.05, 0) is 21.0 Å². The van der Waals surface area contributed by atoms with Gasteiger partial charge < -0.3 is 26.0 Å². The Morgan fingerprint density at radius 2 is 1.71 bits per heavy atom. The third kappa shape index (κ3) is 10.2. The van der Waals surface area contributed by atoms with Crippen molar-refractivity contribution in [1.29, 1.82) is 0 Å². The Labute approximate surface area is 145 Å². The van der Waals surface area contributed by atoms with E-state index in [2.05, 4.69) is 16.0 Å². The molecule has 0 radical (unpaired) electrons. The lowest BCUT2D eigenvalue weighted by Crippen LogP contribution is -2.54. The molecule has 0 aliphatic carbocycles. The van der Waals surface area contributed by atoms with E-state index in [0.29, 0.717) is 5.88 Å². The third-order valence-electron chi connectivity index (χ3n) is 2.81. The number of rotatable bonds is 11. The van der Waals surface area contributed by atoms with Crippen molar-refractivity contribution in [1.82, 2.24) is 20.9 Å². The molecule has 0 aliphatic heterocycles. The Kier molecular flexibility index (Phi) is 11.0. The molecule has 9 nitrogen and oxygen atoms in total. The second kappa shape index (κ2) is 11.8. The van der Waals surface area contributed by atoms with Crippen molar-refractivity contribution < 1.29 is 24.3 Å². The number of aliphatic hydroxyl groups excluding tert-OH is 1.